The summed E-state index contributed by atoms with van der Waals surface area (Å²) in [4.78, 5) is 45.3. The van der Waals surface area contributed by atoms with E-state index in [0.717, 1.165) is 38.0 Å². The van der Waals surface area contributed by atoms with Gasteiger partial charge >= 0.3 is 0 Å². The standard InChI is InChI=1S/C31H44N4O7/c1-7-9-11-35(10-8-2)15-17-14-20(33(3)4)18-12-16-13-19-24(34(5)6)27(38)23(30(32)41)29(40)31(19,42)28(39)21(16)26(37)22(18)25(17)36/h14,16,19,24,36-37,40,42H,7-13,15H2,1-6H3,(H2,32,41)/t16-,19-,24?,31-/m1/s1. The van der Waals surface area contributed by atoms with E-state index in [1.165, 1.54) is 4.90 Å². The Morgan fingerprint density at radius 3 is 2.29 bits per heavy atom. The molecule has 4 atom stereocenters. The van der Waals surface area contributed by atoms with Crippen molar-refractivity contribution in [3.63, 3.8) is 0 Å². The third-order valence-electron chi connectivity index (χ3n) is 9.02. The van der Waals surface area contributed by atoms with Gasteiger partial charge in [-0.15, -0.1) is 0 Å². The number of amides is 1. The molecular weight excluding hydrogens is 540 g/mol. The molecule has 0 spiro atoms. The maximum atomic E-state index is 14.1. The predicted molar refractivity (Wildman–Crippen MR) is 159 cm³/mol. The molecule has 1 amide bonds. The number of likely N-dealkylation sites (N-methyl/N-ethyl adjacent to an activating group) is 1. The fourth-order valence-corrected chi connectivity index (χ4v) is 7.07. The van der Waals surface area contributed by atoms with Crippen LogP contribution in [0, 0.1) is 11.8 Å². The van der Waals surface area contributed by atoms with Crippen molar-refractivity contribution in [3.8, 4) is 5.75 Å². The number of phenolic OH excluding ortho intramolecular Hbond substituents is 1. The number of hydrogen-bond donors (Lipinski definition) is 5. The van der Waals surface area contributed by atoms with Gasteiger partial charge in [-0.2, -0.15) is 0 Å². The number of carbonyl (C=O) groups excluding carboxylic acids is 3. The molecule has 11 nitrogen and oxygen atoms in total. The largest absolute Gasteiger partial charge is 0.508 e. The summed E-state index contributed by atoms with van der Waals surface area (Å²) in [5, 5.41) is 46.2. The van der Waals surface area contributed by atoms with Crippen LogP contribution in [0.15, 0.2) is 23.0 Å². The first-order valence-corrected chi connectivity index (χ1v) is 14.6. The van der Waals surface area contributed by atoms with Gasteiger partial charge in [-0.1, -0.05) is 20.3 Å². The van der Waals surface area contributed by atoms with Crippen LogP contribution < -0.4 is 10.6 Å². The number of ketones is 2. The van der Waals surface area contributed by atoms with Crippen LogP contribution in [0.5, 0.6) is 5.75 Å². The van der Waals surface area contributed by atoms with Crippen LogP contribution in [0.3, 0.4) is 0 Å². The molecule has 11 heteroatoms. The average molecular weight is 585 g/mol. The number of hydrogen-bond acceptors (Lipinski definition) is 10. The highest BCUT2D eigenvalue weighted by atomic mass is 16.3. The molecule has 1 unspecified atom stereocenters. The van der Waals surface area contributed by atoms with Gasteiger partial charge in [0.2, 0.25) is 5.78 Å². The van der Waals surface area contributed by atoms with Crippen LogP contribution in [-0.4, -0.2) is 101 Å². The molecule has 0 heterocycles. The van der Waals surface area contributed by atoms with Crippen molar-refractivity contribution < 1.29 is 34.8 Å². The monoisotopic (exact) mass is 584 g/mol. The van der Waals surface area contributed by atoms with Crippen molar-refractivity contribution in [3.05, 3.63) is 39.7 Å². The SMILES string of the molecule is CCCCN(CCC)Cc1cc(N(C)C)c2c(c1O)C(O)=C1C(=O)[C@@]3(O)C(O)=C(C(N)=O)C(=O)C(N(C)C)[C@H]3C[C@H]1C2. The smallest absolute Gasteiger partial charge is 0.255 e. The summed E-state index contributed by atoms with van der Waals surface area (Å²) in [6.07, 6.45) is 3.27. The summed E-state index contributed by atoms with van der Waals surface area (Å²) in [5.74, 6) is -6.43. The third kappa shape index (κ3) is 4.87. The molecule has 3 aliphatic carbocycles. The minimum atomic E-state index is -2.65. The molecule has 4 rings (SSSR count). The number of aromatic hydroxyl groups is 1. The number of rotatable bonds is 10. The van der Waals surface area contributed by atoms with Crippen molar-refractivity contribution in [1.29, 1.82) is 0 Å². The van der Waals surface area contributed by atoms with Gasteiger partial charge in [0.1, 0.15) is 22.8 Å². The van der Waals surface area contributed by atoms with E-state index in [1.54, 1.807) is 14.1 Å². The number of aliphatic hydroxyl groups is 3. The first kappa shape index (κ1) is 31.5. The molecule has 0 radical (unpaired) electrons. The highest BCUT2D eigenvalue weighted by Crippen LogP contribution is 2.54. The van der Waals surface area contributed by atoms with Crippen molar-refractivity contribution in [1.82, 2.24) is 9.80 Å². The quantitative estimate of drug-likeness (QED) is 0.257. The molecule has 6 N–H and O–H groups in total. The van der Waals surface area contributed by atoms with Gasteiger partial charge in [0.05, 0.1) is 11.6 Å². The fourth-order valence-electron chi connectivity index (χ4n) is 7.07. The molecule has 1 saturated carbocycles. The van der Waals surface area contributed by atoms with Crippen molar-refractivity contribution >= 4 is 28.9 Å². The Bertz CT molecular complexity index is 1370. The average Bonchev–Trinajstić information content (AvgIpc) is 2.90. The Balaban J connectivity index is 1.92. The van der Waals surface area contributed by atoms with Crippen LogP contribution in [0.2, 0.25) is 0 Å². The van der Waals surface area contributed by atoms with E-state index in [0.29, 0.717) is 17.7 Å². The van der Waals surface area contributed by atoms with E-state index in [9.17, 15) is 34.8 Å². The number of benzene rings is 1. The van der Waals surface area contributed by atoms with Crippen LogP contribution in [0.1, 0.15) is 56.2 Å². The van der Waals surface area contributed by atoms with E-state index in [2.05, 4.69) is 18.7 Å². The second-order valence-electron chi connectivity index (χ2n) is 12.2. The zero-order chi connectivity index (χ0) is 31.3. The van der Waals surface area contributed by atoms with Gasteiger partial charge in [-0.05, 0) is 70.4 Å². The van der Waals surface area contributed by atoms with Gasteiger partial charge in [0.15, 0.2) is 11.4 Å². The lowest BCUT2D eigenvalue weighted by Crippen LogP contribution is -2.65. The van der Waals surface area contributed by atoms with Gasteiger partial charge in [0.25, 0.3) is 5.91 Å². The molecule has 0 bridgehead atoms. The minimum Gasteiger partial charge on any atom is -0.508 e. The number of Topliss-reactive ketones (excluding diaryl/α,β-unsaturated/α-hetero) is 2. The first-order valence-electron chi connectivity index (χ1n) is 14.6. The Morgan fingerprint density at radius 2 is 1.74 bits per heavy atom. The second-order valence-corrected chi connectivity index (χ2v) is 12.2. The molecule has 0 saturated heterocycles. The van der Waals surface area contributed by atoms with Crippen LogP contribution >= 0.6 is 0 Å². The molecule has 0 aliphatic heterocycles. The maximum absolute atomic E-state index is 14.1. The van der Waals surface area contributed by atoms with Gasteiger partial charge in [-0.25, -0.2) is 0 Å². The number of aliphatic hydroxyl groups excluding tert-OH is 2. The number of phenols is 1. The summed E-state index contributed by atoms with van der Waals surface area (Å²) in [5.41, 5.74) is 3.96. The second kappa shape index (κ2) is 11.7. The van der Waals surface area contributed by atoms with Gasteiger partial charge in [0, 0.05) is 43.4 Å². The number of unbranched alkanes of at least 4 members (excludes halogenated alkanes) is 1. The zero-order valence-electron chi connectivity index (χ0n) is 25.4. The van der Waals surface area contributed by atoms with Crippen molar-refractivity contribution in [2.75, 3.05) is 46.2 Å². The van der Waals surface area contributed by atoms with Crippen LogP contribution in [0.25, 0.3) is 5.76 Å². The van der Waals surface area contributed by atoms with E-state index in [4.69, 9.17) is 5.73 Å². The lowest BCUT2D eigenvalue weighted by Gasteiger charge is -2.50. The van der Waals surface area contributed by atoms with Crippen molar-refractivity contribution in [2.45, 2.75) is 64.1 Å². The minimum absolute atomic E-state index is 0.0580. The lowest BCUT2D eigenvalue weighted by molar-refractivity contribution is -0.153. The lowest BCUT2D eigenvalue weighted by atomic mass is 9.57. The number of fused-ring (bicyclic) bond motifs is 3. The highest BCUT2D eigenvalue weighted by molar-refractivity contribution is 6.24. The van der Waals surface area contributed by atoms with E-state index >= 15 is 0 Å². The number of anilines is 1. The molecule has 0 aromatic heterocycles. The summed E-state index contributed by atoms with van der Waals surface area (Å²) in [7, 11) is 6.90. The number of primary amides is 1. The van der Waals surface area contributed by atoms with E-state index in [-0.39, 0.29) is 29.7 Å². The molecule has 3 aliphatic rings. The topological polar surface area (TPSA) is 168 Å². The number of carbonyl (C=O) groups is 3. The maximum Gasteiger partial charge on any atom is 0.255 e. The van der Waals surface area contributed by atoms with E-state index in [1.807, 2.05) is 25.1 Å². The summed E-state index contributed by atoms with van der Waals surface area (Å²) >= 11 is 0. The molecule has 1 aromatic carbocycles. The molecule has 230 valence electrons. The van der Waals surface area contributed by atoms with Crippen molar-refractivity contribution in [2.24, 2.45) is 17.6 Å². The molecule has 1 fully saturated rings. The molecule has 42 heavy (non-hydrogen) atoms. The summed E-state index contributed by atoms with van der Waals surface area (Å²) in [6.45, 7) is 6.33. The molecule has 1 aromatic rings. The Morgan fingerprint density at radius 1 is 1.07 bits per heavy atom. The number of nitrogens with zero attached hydrogens (tertiary/aromatic N) is 3. The molecular formula is C31H44N4O7. The predicted octanol–water partition coefficient (Wildman–Crippen LogP) is 2.04. The highest BCUT2D eigenvalue weighted by Gasteiger charge is 2.64. The summed E-state index contributed by atoms with van der Waals surface area (Å²) < 4.78 is 0. The Labute approximate surface area is 246 Å². The first-order chi connectivity index (χ1) is 19.7. The normalized spacial score (nSPS) is 25.6. The van der Waals surface area contributed by atoms with Gasteiger partial charge in [-0.3, -0.25) is 24.2 Å². The summed E-state index contributed by atoms with van der Waals surface area (Å²) in [6, 6.07) is 0.807. The third-order valence-corrected chi connectivity index (χ3v) is 9.02. The van der Waals surface area contributed by atoms with Gasteiger partial charge < -0.3 is 31.1 Å². The Kier molecular flexibility index (Phi) is 8.78. The van der Waals surface area contributed by atoms with Crippen LogP contribution in [0.4, 0.5) is 5.69 Å². The number of nitrogens with two attached hydrogens (primary N) is 1. The van der Waals surface area contributed by atoms with E-state index < -0.39 is 58.0 Å². The fraction of sp³-hybridized carbons (Fsp3) is 0.581. The Hall–Kier alpha value is -3.41. The van der Waals surface area contributed by atoms with Crippen LogP contribution in [-0.2, 0) is 27.3 Å². The zero-order valence-corrected chi connectivity index (χ0v) is 25.4.